The van der Waals surface area contributed by atoms with Gasteiger partial charge in [-0.2, -0.15) is 8.78 Å². The highest BCUT2D eigenvalue weighted by atomic mass is 35.5. The number of amides is 1. The highest BCUT2D eigenvalue weighted by Gasteiger charge is 2.49. The summed E-state index contributed by atoms with van der Waals surface area (Å²) in [5.74, 6) is -6.90. The quantitative estimate of drug-likeness (QED) is 0.842. The standard InChI is InChI=1S/C9H5Cl2F4NO/c10-4-1-2-6(5(11)3-4)16-8(17)9(14,15)7(12)13/h1-3,7H,(H,16,17). The van der Waals surface area contributed by atoms with E-state index in [0.29, 0.717) is 0 Å². The number of halogens is 6. The number of hydrogen-bond acceptors (Lipinski definition) is 1. The Labute approximate surface area is 104 Å². The summed E-state index contributed by atoms with van der Waals surface area (Å²) in [4.78, 5) is 10.9. The molecule has 1 aromatic rings. The van der Waals surface area contributed by atoms with Crippen LogP contribution in [0.25, 0.3) is 0 Å². The molecule has 2 nitrogen and oxygen atoms in total. The highest BCUT2D eigenvalue weighted by Crippen LogP contribution is 2.29. The first-order chi connectivity index (χ1) is 7.75. The van der Waals surface area contributed by atoms with Gasteiger partial charge in [-0.15, -0.1) is 0 Å². The number of carbonyl (C=O) groups excluding carboxylic acids is 1. The number of benzene rings is 1. The van der Waals surface area contributed by atoms with E-state index in [0.717, 1.165) is 6.07 Å². The number of anilines is 1. The fourth-order valence-electron chi connectivity index (χ4n) is 0.896. The first-order valence-corrected chi connectivity index (χ1v) is 4.93. The second-order valence-corrected chi connectivity index (χ2v) is 3.85. The van der Waals surface area contributed by atoms with Crippen molar-refractivity contribution in [3.05, 3.63) is 28.2 Å². The minimum atomic E-state index is -4.77. The molecule has 1 rings (SSSR count). The maximum absolute atomic E-state index is 12.6. The number of nitrogens with one attached hydrogen (secondary N) is 1. The summed E-state index contributed by atoms with van der Waals surface area (Å²) >= 11 is 11.1. The van der Waals surface area contributed by atoms with Gasteiger partial charge in [0.15, 0.2) is 0 Å². The van der Waals surface area contributed by atoms with E-state index in [2.05, 4.69) is 0 Å². The summed E-state index contributed by atoms with van der Waals surface area (Å²) in [6.45, 7) is 0. The third-order valence-corrected chi connectivity index (χ3v) is 2.30. The number of alkyl halides is 4. The maximum atomic E-state index is 12.6. The van der Waals surface area contributed by atoms with Gasteiger partial charge in [-0.1, -0.05) is 23.2 Å². The summed E-state index contributed by atoms with van der Waals surface area (Å²) in [6, 6.07) is 3.58. The van der Waals surface area contributed by atoms with Crippen molar-refractivity contribution in [1.82, 2.24) is 0 Å². The fraction of sp³-hybridized carbons (Fsp3) is 0.222. The molecule has 17 heavy (non-hydrogen) atoms. The van der Waals surface area contributed by atoms with Gasteiger partial charge in [0.2, 0.25) is 0 Å². The largest absolute Gasteiger partial charge is 0.383 e. The van der Waals surface area contributed by atoms with Crippen LogP contribution in [0.15, 0.2) is 18.2 Å². The van der Waals surface area contributed by atoms with Crippen molar-refractivity contribution in [2.75, 3.05) is 5.32 Å². The molecule has 0 saturated carbocycles. The molecule has 0 atom stereocenters. The van der Waals surface area contributed by atoms with Crippen molar-refractivity contribution < 1.29 is 22.4 Å². The molecule has 0 aromatic heterocycles. The van der Waals surface area contributed by atoms with Crippen LogP contribution in [0, 0.1) is 0 Å². The van der Waals surface area contributed by atoms with E-state index >= 15 is 0 Å². The monoisotopic (exact) mass is 289 g/mol. The summed E-state index contributed by atoms with van der Waals surface area (Å²) in [5, 5.41) is 1.69. The SMILES string of the molecule is O=C(Nc1ccc(Cl)cc1Cl)C(F)(F)C(F)F. The molecule has 0 unspecified atom stereocenters. The lowest BCUT2D eigenvalue weighted by atomic mass is 10.2. The molecule has 1 N–H and O–H groups in total. The predicted molar refractivity (Wildman–Crippen MR) is 56.0 cm³/mol. The lowest BCUT2D eigenvalue weighted by Gasteiger charge is -2.15. The first-order valence-electron chi connectivity index (χ1n) is 4.17. The Morgan fingerprint density at radius 1 is 1.29 bits per heavy atom. The van der Waals surface area contributed by atoms with Crippen LogP contribution in [0.3, 0.4) is 0 Å². The van der Waals surface area contributed by atoms with Crippen molar-refractivity contribution in [2.24, 2.45) is 0 Å². The Morgan fingerprint density at radius 2 is 1.88 bits per heavy atom. The summed E-state index contributed by atoms with van der Waals surface area (Å²) < 4.78 is 48.9. The van der Waals surface area contributed by atoms with Crippen molar-refractivity contribution >= 4 is 34.8 Å². The molecule has 0 radical (unpaired) electrons. The van der Waals surface area contributed by atoms with Gasteiger partial charge in [0.25, 0.3) is 0 Å². The van der Waals surface area contributed by atoms with Gasteiger partial charge in [0.05, 0.1) is 10.7 Å². The summed E-state index contributed by atoms with van der Waals surface area (Å²) in [7, 11) is 0. The van der Waals surface area contributed by atoms with Crippen LogP contribution in [-0.2, 0) is 4.79 Å². The van der Waals surface area contributed by atoms with Crippen molar-refractivity contribution in [3.63, 3.8) is 0 Å². The van der Waals surface area contributed by atoms with Gasteiger partial charge in [0, 0.05) is 5.02 Å². The molecule has 0 heterocycles. The van der Waals surface area contributed by atoms with Crippen LogP contribution < -0.4 is 5.32 Å². The van der Waals surface area contributed by atoms with Crippen LogP contribution >= 0.6 is 23.2 Å². The van der Waals surface area contributed by atoms with E-state index in [4.69, 9.17) is 23.2 Å². The molecule has 0 saturated heterocycles. The average molecular weight is 290 g/mol. The molecular weight excluding hydrogens is 285 g/mol. The van der Waals surface area contributed by atoms with Crippen LogP contribution in [0.1, 0.15) is 0 Å². The third kappa shape index (κ3) is 3.23. The van der Waals surface area contributed by atoms with E-state index in [1.165, 1.54) is 12.1 Å². The van der Waals surface area contributed by atoms with Gasteiger partial charge in [0.1, 0.15) is 0 Å². The summed E-state index contributed by atoms with van der Waals surface area (Å²) in [5.41, 5.74) is -0.221. The molecule has 0 aliphatic rings. The fourth-order valence-corrected chi connectivity index (χ4v) is 1.35. The highest BCUT2D eigenvalue weighted by molar-refractivity contribution is 6.36. The smallest absolute Gasteiger partial charge is 0.319 e. The average Bonchev–Trinajstić information content (AvgIpc) is 2.21. The predicted octanol–water partition coefficient (Wildman–Crippen LogP) is 3.83. The van der Waals surface area contributed by atoms with Crippen LogP contribution in [0.2, 0.25) is 10.0 Å². The molecule has 0 bridgehead atoms. The zero-order chi connectivity index (χ0) is 13.2. The Kier molecular flexibility index (Phi) is 4.21. The Hall–Kier alpha value is -1.01. The molecule has 0 aliphatic heterocycles. The molecule has 0 aliphatic carbocycles. The summed E-state index contributed by atoms with van der Waals surface area (Å²) in [6.07, 6.45) is -4.09. The van der Waals surface area contributed by atoms with Gasteiger partial charge < -0.3 is 5.32 Å². The lowest BCUT2D eigenvalue weighted by Crippen LogP contribution is -2.41. The van der Waals surface area contributed by atoms with Gasteiger partial charge >= 0.3 is 18.3 Å². The minimum Gasteiger partial charge on any atom is -0.319 e. The molecule has 1 amide bonds. The second kappa shape index (κ2) is 5.10. The lowest BCUT2D eigenvalue weighted by molar-refractivity contribution is -0.163. The number of rotatable bonds is 3. The molecule has 8 heteroatoms. The zero-order valence-corrected chi connectivity index (χ0v) is 9.50. The molecule has 0 fully saturated rings. The number of hydrogen-bond donors (Lipinski definition) is 1. The first kappa shape index (κ1) is 14.1. The van der Waals surface area contributed by atoms with Gasteiger partial charge in [-0.05, 0) is 18.2 Å². The third-order valence-electron chi connectivity index (χ3n) is 1.76. The maximum Gasteiger partial charge on any atom is 0.383 e. The Bertz CT molecular complexity index is 439. The van der Waals surface area contributed by atoms with E-state index in [9.17, 15) is 22.4 Å². The minimum absolute atomic E-state index is 0.129. The van der Waals surface area contributed by atoms with Gasteiger partial charge in [-0.3, -0.25) is 4.79 Å². The van der Waals surface area contributed by atoms with Crippen LogP contribution in [0.5, 0.6) is 0 Å². The normalized spacial score (nSPS) is 11.7. The van der Waals surface area contributed by atoms with Gasteiger partial charge in [-0.25, -0.2) is 8.78 Å². The van der Waals surface area contributed by atoms with Crippen LogP contribution in [-0.4, -0.2) is 18.3 Å². The Morgan fingerprint density at radius 3 is 2.35 bits per heavy atom. The van der Waals surface area contributed by atoms with E-state index in [1.807, 2.05) is 0 Å². The molecule has 0 spiro atoms. The second-order valence-electron chi connectivity index (χ2n) is 3.00. The molecular formula is C9H5Cl2F4NO. The van der Waals surface area contributed by atoms with Crippen molar-refractivity contribution in [3.8, 4) is 0 Å². The van der Waals surface area contributed by atoms with E-state index in [1.54, 1.807) is 5.32 Å². The van der Waals surface area contributed by atoms with E-state index < -0.39 is 18.3 Å². The van der Waals surface area contributed by atoms with Crippen molar-refractivity contribution in [1.29, 1.82) is 0 Å². The Balaban J connectivity index is 2.89. The topological polar surface area (TPSA) is 29.1 Å². The van der Waals surface area contributed by atoms with Crippen LogP contribution in [0.4, 0.5) is 23.2 Å². The zero-order valence-electron chi connectivity index (χ0n) is 7.99. The number of carbonyl (C=O) groups is 1. The van der Waals surface area contributed by atoms with Crippen molar-refractivity contribution in [2.45, 2.75) is 12.3 Å². The van der Waals surface area contributed by atoms with E-state index in [-0.39, 0.29) is 15.7 Å². The molecule has 1 aromatic carbocycles. The molecule has 94 valence electrons.